The Morgan fingerprint density at radius 2 is 1.70 bits per heavy atom. The lowest BCUT2D eigenvalue weighted by atomic mass is 9.96. The number of rotatable bonds is 4. The van der Waals surface area contributed by atoms with Gasteiger partial charge >= 0.3 is 5.97 Å². The van der Waals surface area contributed by atoms with Crippen molar-refractivity contribution in [2.75, 3.05) is 11.9 Å². The minimum Gasteiger partial charge on any atom is -0.456 e. The lowest BCUT2D eigenvalue weighted by molar-refractivity contribution is -0.117. The minimum atomic E-state index is -0.534. The first-order valence-corrected chi connectivity index (χ1v) is 9.24. The molecule has 2 N–H and O–H groups in total. The van der Waals surface area contributed by atoms with E-state index >= 15 is 0 Å². The van der Waals surface area contributed by atoms with Crippen molar-refractivity contribution < 1.29 is 14.3 Å². The van der Waals surface area contributed by atoms with Gasteiger partial charge in [0.05, 0.1) is 11.6 Å². The molecule has 0 saturated carbocycles. The number of hydrogen-bond acceptors (Lipinski definition) is 4. The Hall–Kier alpha value is -2.66. The molecule has 2 atom stereocenters. The van der Waals surface area contributed by atoms with Crippen LogP contribution in [0.15, 0.2) is 54.6 Å². The van der Waals surface area contributed by atoms with Gasteiger partial charge < -0.3 is 15.4 Å². The summed E-state index contributed by atoms with van der Waals surface area (Å²) in [4.78, 5) is 24.6. The molecule has 1 aliphatic heterocycles. The van der Waals surface area contributed by atoms with Gasteiger partial charge in [-0.2, -0.15) is 0 Å². The van der Waals surface area contributed by atoms with Crippen LogP contribution in [0, 0.1) is 0 Å². The Morgan fingerprint density at radius 3 is 2.33 bits per heavy atom. The van der Waals surface area contributed by atoms with Crippen molar-refractivity contribution in [1.29, 1.82) is 0 Å². The summed E-state index contributed by atoms with van der Waals surface area (Å²) < 4.78 is 5.34. The molecule has 0 unspecified atom stereocenters. The molecule has 2 aromatic carbocycles. The third kappa shape index (κ3) is 5.17. The second-order valence-corrected chi connectivity index (χ2v) is 7.87. The zero-order valence-corrected chi connectivity index (χ0v) is 16.0. The van der Waals surface area contributed by atoms with Gasteiger partial charge in [-0.05, 0) is 62.9 Å². The van der Waals surface area contributed by atoms with Gasteiger partial charge in [0, 0.05) is 12.2 Å². The maximum Gasteiger partial charge on any atom is 0.338 e. The lowest BCUT2D eigenvalue weighted by Gasteiger charge is -2.19. The average molecular weight is 366 g/mol. The number of ether oxygens (including phenoxy) is 1. The largest absolute Gasteiger partial charge is 0.456 e. The fraction of sp³-hybridized carbons (Fsp3) is 0.364. The van der Waals surface area contributed by atoms with Gasteiger partial charge in [-0.15, -0.1) is 0 Å². The molecule has 1 heterocycles. The summed E-state index contributed by atoms with van der Waals surface area (Å²) in [5.41, 5.74) is 1.85. The van der Waals surface area contributed by atoms with Crippen molar-refractivity contribution in [3.05, 3.63) is 65.7 Å². The SMILES string of the molecule is CC(C)(C)OC(=O)c1ccc(NC(=O)[C@@H]2C[C@H](c3ccccc3)CN2)cc1. The van der Waals surface area contributed by atoms with Crippen LogP contribution in [0.1, 0.15) is 49.0 Å². The molecule has 1 amide bonds. The van der Waals surface area contributed by atoms with Crippen molar-refractivity contribution in [3.8, 4) is 0 Å². The Labute approximate surface area is 160 Å². The summed E-state index contributed by atoms with van der Waals surface area (Å²) in [6.07, 6.45) is 0.770. The van der Waals surface area contributed by atoms with E-state index in [-0.39, 0.29) is 17.9 Å². The summed E-state index contributed by atoms with van der Waals surface area (Å²) >= 11 is 0. The van der Waals surface area contributed by atoms with Gasteiger partial charge in [0.25, 0.3) is 0 Å². The van der Waals surface area contributed by atoms with Gasteiger partial charge in [-0.1, -0.05) is 30.3 Å². The van der Waals surface area contributed by atoms with E-state index in [0.717, 1.165) is 13.0 Å². The zero-order chi connectivity index (χ0) is 19.4. The second-order valence-electron chi connectivity index (χ2n) is 7.87. The van der Waals surface area contributed by atoms with E-state index in [0.29, 0.717) is 17.2 Å². The van der Waals surface area contributed by atoms with Gasteiger partial charge in [0.1, 0.15) is 5.60 Å². The summed E-state index contributed by atoms with van der Waals surface area (Å²) in [6, 6.07) is 16.8. The molecule has 1 aliphatic rings. The molecule has 0 bridgehead atoms. The number of anilines is 1. The number of carbonyl (C=O) groups excluding carboxylic acids is 2. The van der Waals surface area contributed by atoms with E-state index in [9.17, 15) is 9.59 Å². The predicted octanol–water partition coefficient (Wildman–Crippen LogP) is 3.73. The third-order valence-electron chi connectivity index (χ3n) is 4.51. The number of esters is 1. The maximum atomic E-state index is 12.5. The standard InChI is InChI=1S/C22H26N2O3/c1-22(2,3)27-21(26)16-9-11-18(12-10-16)24-20(25)19-13-17(14-23-19)15-7-5-4-6-8-15/h4-12,17,19,23H,13-14H2,1-3H3,(H,24,25)/t17-,19-/m0/s1. The number of amides is 1. The van der Waals surface area contributed by atoms with Crippen LogP contribution in [0.4, 0.5) is 5.69 Å². The molecule has 27 heavy (non-hydrogen) atoms. The van der Waals surface area contributed by atoms with Crippen LogP contribution < -0.4 is 10.6 Å². The van der Waals surface area contributed by atoms with Gasteiger partial charge in [0.2, 0.25) is 5.91 Å². The molecule has 0 spiro atoms. The van der Waals surface area contributed by atoms with Crippen LogP contribution in [-0.4, -0.2) is 30.1 Å². The van der Waals surface area contributed by atoms with Crippen molar-refractivity contribution in [3.63, 3.8) is 0 Å². The van der Waals surface area contributed by atoms with Crippen LogP contribution in [-0.2, 0) is 9.53 Å². The highest BCUT2D eigenvalue weighted by Crippen LogP contribution is 2.26. The normalized spacial score (nSPS) is 19.5. The molecule has 1 saturated heterocycles. The van der Waals surface area contributed by atoms with E-state index in [2.05, 4.69) is 22.8 Å². The second kappa shape index (κ2) is 7.92. The van der Waals surface area contributed by atoms with Gasteiger partial charge in [-0.25, -0.2) is 4.79 Å². The number of benzene rings is 2. The van der Waals surface area contributed by atoms with Gasteiger partial charge in [0.15, 0.2) is 0 Å². The number of carbonyl (C=O) groups is 2. The van der Waals surface area contributed by atoms with Crippen LogP contribution in [0.3, 0.4) is 0 Å². The number of hydrogen-bond donors (Lipinski definition) is 2. The average Bonchev–Trinajstić information content (AvgIpc) is 3.12. The Kier molecular flexibility index (Phi) is 5.61. The lowest BCUT2D eigenvalue weighted by Crippen LogP contribution is -2.35. The van der Waals surface area contributed by atoms with E-state index in [1.807, 2.05) is 39.0 Å². The molecule has 142 valence electrons. The monoisotopic (exact) mass is 366 g/mol. The first-order chi connectivity index (χ1) is 12.8. The van der Waals surface area contributed by atoms with Crippen LogP contribution >= 0.6 is 0 Å². The molecule has 3 rings (SSSR count). The highest BCUT2D eigenvalue weighted by molar-refractivity contribution is 5.96. The quantitative estimate of drug-likeness (QED) is 0.809. The van der Waals surface area contributed by atoms with E-state index in [1.165, 1.54) is 5.56 Å². The maximum absolute atomic E-state index is 12.5. The van der Waals surface area contributed by atoms with Crippen molar-refractivity contribution in [2.45, 2.75) is 44.8 Å². The molecule has 2 aromatic rings. The molecular formula is C22H26N2O3. The summed E-state index contributed by atoms with van der Waals surface area (Å²) in [7, 11) is 0. The summed E-state index contributed by atoms with van der Waals surface area (Å²) in [6.45, 7) is 6.28. The smallest absolute Gasteiger partial charge is 0.338 e. The topological polar surface area (TPSA) is 67.4 Å². The molecule has 5 nitrogen and oxygen atoms in total. The fourth-order valence-corrected chi connectivity index (χ4v) is 3.17. The highest BCUT2D eigenvalue weighted by Gasteiger charge is 2.30. The van der Waals surface area contributed by atoms with E-state index in [1.54, 1.807) is 24.3 Å². The summed E-state index contributed by atoms with van der Waals surface area (Å²) in [5, 5.41) is 6.21. The first-order valence-electron chi connectivity index (χ1n) is 9.24. The van der Waals surface area contributed by atoms with Crippen molar-refractivity contribution in [2.24, 2.45) is 0 Å². The predicted molar refractivity (Wildman–Crippen MR) is 106 cm³/mol. The summed E-state index contributed by atoms with van der Waals surface area (Å²) in [5.74, 6) is -0.0847. The molecule has 0 aromatic heterocycles. The fourth-order valence-electron chi connectivity index (χ4n) is 3.17. The van der Waals surface area contributed by atoms with E-state index in [4.69, 9.17) is 4.74 Å². The van der Waals surface area contributed by atoms with Crippen molar-refractivity contribution in [1.82, 2.24) is 5.32 Å². The first kappa shape index (κ1) is 19.1. The van der Waals surface area contributed by atoms with Crippen LogP contribution in [0.5, 0.6) is 0 Å². The molecular weight excluding hydrogens is 340 g/mol. The Bertz CT molecular complexity index is 795. The van der Waals surface area contributed by atoms with Crippen molar-refractivity contribution >= 4 is 17.6 Å². The molecule has 0 radical (unpaired) electrons. The molecule has 5 heteroatoms. The Balaban J connectivity index is 1.56. The highest BCUT2D eigenvalue weighted by atomic mass is 16.6. The van der Waals surface area contributed by atoms with E-state index < -0.39 is 5.60 Å². The molecule has 1 fully saturated rings. The third-order valence-corrected chi connectivity index (χ3v) is 4.51. The Morgan fingerprint density at radius 1 is 1.04 bits per heavy atom. The minimum absolute atomic E-state index is 0.0570. The van der Waals surface area contributed by atoms with Crippen LogP contribution in [0.25, 0.3) is 0 Å². The molecule has 0 aliphatic carbocycles. The van der Waals surface area contributed by atoms with Gasteiger partial charge in [-0.3, -0.25) is 4.79 Å². The van der Waals surface area contributed by atoms with Crippen LogP contribution in [0.2, 0.25) is 0 Å². The zero-order valence-electron chi connectivity index (χ0n) is 16.0. The number of nitrogens with one attached hydrogen (secondary N) is 2.